The van der Waals surface area contributed by atoms with Crippen molar-refractivity contribution >= 4 is 15.9 Å². The van der Waals surface area contributed by atoms with Gasteiger partial charge in [0.2, 0.25) is 0 Å². The summed E-state index contributed by atoms with van der Waals surface area (Å²) in [7, 11) is 0. The largest absolute Gasteiger partial charge is 0.103 e. The van der Waals surface area contributed by atoms with Crippen LogP contribution in [0, 0.1) is 0 Å². The summed E-state index contributed by atoms with van der Waals surface area (Å²) in [5, 5.41) is 1.00. The first-order valence-corrected chi connectivity index (χ1v) is 4.76. The van der Waals surface area contributed by atoms with Crippen LogP contribution < -0.4 is 0 Å². The van der Waals surface area contributed by atoms with Crippen LogP contribution in [0.1, 0.15) is 26.2 Å². The number of unbranched alkanes of at least 4 members (excludes halogenated alkanes) is 2. The van der Waals surface area contributed by atoms with Gasteiger partial charge in [0.15, 0.2) is 0 Å². The SMILES string of the molecule is C=CCCCC=C(C)CBr. The molecule has 0 N–H and O–H groups in total. The molecule has 0 nitrogen and oxygen atoms in total. The zero-order valence-corrected chi connectivity index (χ0v) is 8.15. The standard InChI is InChI=1S/C9H15Br/c1-3-4-5-6-7-9(2)8-10/h3,7H,1,4-6,8H2,2H3. The third kappa shape index (κ3) is 6.09. The van der Waals surface area contributed by atoms with Gasteiger partial charge in [0.25, 0.3) is 0 Å². The van der Waals surface area contributed by atoms with E-state index in [1.807, 2.05) is 6.08 Å². The van der Waals surface area contributed by atoms with Crippen molar-refractivity contribution in [3.63, 3.8) is 0 Å². The van der Waals surface area contributed by atoms with Crippen LogP contribution in [0.5, 0.6) is 0 Å². The van der Waals surface area contributed by atoms with Gasteiger partial charge in [-0.2, -0.15) is 0 Å². The van der Waals surface area contributed by atoms with Crippen LogP contribution >= 0.6 is 15.9 Å². The van der Waals surface area contributed by atoms with E-state index in [1.165, 1.54) is 18.4 Å². The van der Waals surface area contributed by atoms with Gasteiger partial charge >= 0.3 is 0 Å². The van der Waals surface area contributed by atoms with Gasteiger partial charge in [-0.25, -0.2) is 0 Å². The number of hydrogen-bond donors (Lipinski definition) is 0. The smallest absolute Gasteiger partial charge is 0.0239 e. The fraction of sp³-hybridized carbons (Fsp3) is 0.556. The lowest BCUT2D eigenvalue weighted by molar-refractivity contribution is 0.864. The van der Waals surface area contributed by atoms with Crippen molar-refractivity contribution in [1.29, 1.82) is 0 Å². The van der Waals surface area contributed by atoms with Crippen LogP contribution in [0.25, 0.3) is 0 Å². The van der Waals surface area contributed by atoms with Gasteiger partial charge < -0.3 is 0 Å². The molecule has 1 heteroatoms. The van der Waals surface area contributed by atoms with Gasteiger partial charge in [-0.15, -0.1) is 6.58 Å². The quantitative estimate of drug-likeness (QED) is 0.363. The molecule has 0 bridgehead atoms. The fourth-order valence-electron chi connectivity index (χ4n) is 0.665. The molecule has 0 aromatic rings. The van der Waals surface area contributed by atoms with Gasteiger partial charge in [0.1, 0.15) is 0 Å². The molecule has 0 heterocycles. The van der Waals surface area contributed by atoms with E-state index in [-0.39, 0.29) is 0 Å². The highest BCUT2D eigenvalue weighted by molar-refractivity contribution is 9.09. The van der Waals surface area contributed by atoms with Crippen molar-refractivity contribution in [2.24, 2.45) is 0 Å². The lowest BCUT2D eigenvalue weighted by Gasteiger charge is -1.93. The van der Waals surface area contributed by atoms with E-state index < -0.39 is 0 Å². The Labute approximate surface area is 72.1 Å². The van der Waals surface area contributed by atoms with Crippen LogP contribution in [0.15, 0.2) is 24.3 Å². The molecule has 0 atom stereocenters. The highest BCUT2D eigenvalue weighted by atomic mass is 79.9. The lowest BCUT2D eigenvalue weighted by atomic mass is 10.2. The summed E-state index contributed by atoms with van der Waals surface area (Å²) >= 11 is 3.40. The van der Waals surface area contributed by atoms with Crippen molar-refractivity contribution in [1.82, 2.24) is 0 Å². The van der Waals surface area contributed by atoms with E-state index in [0.717, 1.165) is 11.8 Å². The minimum atomic E-state index is 1.00. The molecule has 0 aliphatic heterocycles. The number of halogens is 1. The normalized spacial score (nSPS) is 11.6. The number of allylic oxidation sites excluding steroid dienone is 3. The molecule has 0 rings (SSSR count). The molecule has 10 heavy (non-hydrogen) atoms. The van der Waals surface area contributed by atoms with Crippen molar-refractivity contribution in [3.05, 3.63) is 24.3 Å². The first-order chi connectivity index (χ1) is 4.81. The number of alkyl halides is 1. The van der Waals surface area contributed by atoms with Crippen LogP contribution in [-0.4, -0.2) is 5.33 Å². The molecular weight excluding hydrogens is 188 g/mol. The fourth-order valence-corrected chi connectivity index (χ4v) is 0.894. The Hall–Kier alpha value is -0.0400. The number of hydrogen-bond acceptors (Lipinski definition) is 0. The van der Waals surface area contributed by atoms with Crippen LogP contribution in [-0.2, 0) is 0 Å². The molecule has 0 aliphatic rings. The third-order valence-electron chi connectivity index (χ3n) is 1.32. The Morgan fingerprint density at radius 1 is 1.50 bits per heavy atom. The summed E-state index contributed by atoms with van der Waals surface area (Å²) in [6.45, 7) is 5.81. The minimum Gasteiger partial charge on any atom is -0.103 e. The Morgan fingerprint density at radius 3 is 2.70 bits per heavy atom. The molecule has 0 amide bonds. The monoisotopic (exact) mass is 202 g/mol. The van der Waals surface area contributed by atoms with Gasteiger partial charge in [0.05, 0.1) is 0 Å². The summed E-state index contributed by atoms with van der Waals surface area (Å²) in [4.78, 5) is 0. The summed E-state index contributed by atoms with van der Waals surface area (Å²) in [5.41, 5.74) is 1.42. The van der Waals surface area contributed by atoms with Crippen molar-refractivity contribution in [2.45, 2.75) is 26.2 Å². The van der Waals surface area contributed by atoms with Crippen LogP contribution in [0.3, 0.4) is 0 Å². The molecule has 0 aromatic carbocycles. The van der Waals surface area contributed by atoms with Gasteiger partial charge in [-0.1, -0.05) is 33.7 Å². The molecule has 0 fully saturated rings. The van der Waals surface area contributed by atoms with Gasteiger partial charge in [-0.05, 0) is 26.2 Å². The van der Waals surface area contributed by atoms with Crippen molar-refractivity contribution in [2.75, 3.05) is 5.33 Å². The average Bonchev–Trinajstić information content (AvgIpc) is 1.98. The third-order valence-corrected chi connectivity index (χ3v) is 2.20. The van der Waals surface area contributed by atoms with E-state index >= 15 is 0 Å². The van der Waals surface area contributed by atoms with E-state index in [1.54, 1.807) is 0 Å². The Morgan fingerprint density at radius 2 is 2.20 bits per heavy atom. The zero-order valence-electron chi connectivity index (χ0n) is 6.57. The Bertz CT molecular complexity index is 114. The van der Waals surface area contributed by atoms with E-state index in [0.29, 0.717) is 0 Å². The maximum atomic E-state index is 3.67. The lowest BCUT2D eigenvalue weighted by Crippen LogP contribution is -1.76. The summed E-state index contributed by atoms with van der Waals surface area (Å²) < 4.78 is 0. The summed E-state index contributed by atoms with van der Waals surface area (Å²) in [6, 6.07) is 0. The molecule has 0 aromatic heterocycles. The maximum absolute atomic E-state index is 3.67. The Balaban J connectivity index is 3.24. The summed E-state index contributed by atoms with van der Waals surface area (Å²) in [5.74, 6) is 0. The molecular formula is C9H15Br. The second kappa shape index (κ2) is 7.07. The van der Waals surface area contributed by atoms with Crippen molar-refractivity contribution < 1.29 is 0 Å². The first-order valence-electron chi connectivity index (χ1n) is 3.63. The van der Waals surface area contributed by atoms with E-state index in [4.69, 9.17) is 0 Å². The second-order valence-corrected chi connectivity index (χ2v) is 2.96. The Kier molecular flexibility index (Phi) is 7.04. The van der Waals surface area contributed by atoms with Gasteiger partial charge in [-0.3, -0.25) is 0 Å². The highest BCUT2D eigenvalue weighted by Gasteiger charge is 1.84. The molecule has 58 valence electrons. The predicted molar refractivity (Wildman–Crippen MR) is 51.6 cm³/mol. The molecule has 0 saturated heterocycles. The number of rotatable bonds is 5. The average molecular weight is 203 g/mol. The zero-order chi connectivity index (χ0) is 7.82. The second-order valence-electron chi connectivity index (χ2n) is 2.40. The molecule has 0 aliphatic carbocycles. The maximum Gasteiger partial charge on any atom is 0.0239 e. The van der Waals surface area contributed by atoms with E-state index in [2.05, 4.69) is 35.5 Å². The molecule has 0 radical (unpaired) electrons. The topological polar surface area (TPSA) is 0 Å². The van der Waals surface area contributed by atoms with Crippen LogP contribution in [0.2, 0.25) is 0 Å². The first kappa shape index (κ1) is 9.96. The van der Waals surface area contributed by atoms with E-state index in [9.17, 15) is 0 Å². The predicted octanol–water partition coefficient (Wildman–Crippen LogP) is 3.68. The highest BCUT2D eigenvalue weighted by Crippen LogP contribution is 2.03. The molecule has 0 saturated carbocycles. The van der Waals surface area contributed by atoms with Gasteiger partial charge in [0, 0.05) is 5.33 Å². The molecule has 0 spiro atoms. The minimum absolute atomic E-state index is 1.00. The van der Waals surface area contributed by atoms with Crippen LogP contribution in [0.4, 0.5) is 0 Å². The van der Waals surface area contributed by atoms with Crippen molar-refractivity contribution in [3.8, 4) is 0 Å². The summed E-state index contributed by atoms with van der Waals surface area (Å²) in [6.07, 6.45) is 7.79. The molecule has 0 unspecified atom stereocenters.